The van der Waals surface area contributed by atoms with E-state index in [0.717, 1.165) is 19.3 Å². The first-order valence-electron chi connectivity index (χ1n) is 7.67. The molecule has 1 N–H and O–H groups in total. The molecule has 108 valence electrons. The number of carboxylic acids is 1. The van der Waals surface area contributed by atoms with Gasteiger partial charge in [0, 0.05) is 0 Å². The zero-order valence-corrected chi connectivity index (χ0v) is 13.0. The number of rotatable bonds is 3. The lowest BCUT2D eigenvalue weighted by Crippen LogP contribution is -2.31. The molecular formula is C17H28O2. The van der Waals surface area contributed by atoms with Gasteiger partial charge < -0.3 is 5.11 Å². The van der Waals surface area contributed by atoms with Crippen molar-refractivity contribution < 1.29 is 9.90 Å². The van der Waals surface area contributed by atoms with E-state index in [1.807, 2.05) is 0 Å². The van der Waals surface area contributed by atoms with E-state index in [9.17, 15) is 9.90 Å². The van der Waals surface area contributed by atoms with Gasteiger partial charge in [-0.3, -0.25) is 4.79 Å². The predicted molar refractivity (Wildman–Crippen MR) is 78.0 cm³/mol. The average Bonchev–Trinajstić information content (AvgIpc) is 2.67. The molecule has 0 saturated carbocycles. The molecule has 0 aliphatic heterocycles. The quantitative estimate of drug-likeness (QED) is 0.753. The first-order valence-corrected chi connectivity index (χ1v) is 7.67. The van der Waals surface area contributed by atoms with Gasteiger partial charge in [-0.05, 0) is 42.4 Å². The molecule has 0 fully saturated rings. The van der Waals surface area contributed by atoms with Gasteiger partial charge in [-0.1, -0.05) is 52.2 Å². The molecule has 19 heavy (non-hydrogen) atoms. The Morgan fingerprint density at radius 3 is 2.32 bits per heavy atom. The van der Waals surface area contributed by atoms with Crippen LogP contribution in [0.4, 0.5) is 0 Å². The molecule has 0 radical (unpaired) electrons. The summed E-state index contributed by atoms with van der Waals surface area (Å²) in [6, 6.07) is 0. The minimum atomic E-state index is -0.598. The Morgan fingerprint density at radius 1 is 1.21 bits per heavy atom. The summed E-state index contributed by atoms with van der Waals surface area (Å²) in [7, 11) is 0. The summed E-state index contributed by atoms with van der Waals surface area (Å²) in [5.74, 6) is -0.506. The van der Waals surface area contributed by atoms with Crippen molar-refractivity contribution in [2.24, 2.45) is 22.7 Å². The molecule has 2 aliphatic carbocycles. The van der Waals surface area contributed by atoms with E-state index in [-0.39, 0.29) is 22.7 Å². The van der Waals surface area contributed by atoms with Crippen LogP contribution in [-0.4, -0.2) is 11.1 Å². The van der Waals surface area contributed by atoms with Gasteiger partial charge in [-0.25, -0.2) is 0 Å². The van der Waals surface area contributed by atoms with Crippen molar-refractivity contribution in [3.63, 3.8) is 0 Å². The maximum Gasteiger partial charge on any atom is 0.307 e. The minimum Gasteiger partial charge on any atom is -0.481 e. The SMILES string of the molecule is CCCC1C2=C(CC1C(=O)O)C(C)(C)CCC2(C)C. The summed E-state index contributed by atoms with van der Waals surface area (Å²) < 4.78 is 0. The van der Waals surface area contributed by atoms with Crippen LogP contribution in [0.2, 0.25) is 0 Å². The monoisotopic (exact) mass is 264 g/mol. The molecule has 2 rings (SSSR count). The van der Waals surface area contributed by atoms with E-state index < -0.39 is 5.97 Å². The molecule has 0 saturated heterocycles. The van der Waals surface area contributed by atoms with Crippen LogP contribution in [-0.2, 0) is 4.79 Å². The maximum atomic E-state index is 11.6. The van der Waals surface area contributed by atoms with E-state index in [2.05, 4.69) is 34.6 Å². The van der Waals surface area contributed by atoms with Gasteiger partial charge in [0.2, 0.25) is 0 Å². The van der Waals surface area contributed by atoms with Crippen molar-refractivity contribution in [2.45, 2.75) is 66.7 Å². The van der Waals surface area contributed by atoms with Crippen molar-refractivity contribution in [3.05, 3.63) is 11.1 Å². The van der Waals surface area contributed by atoms with Crippen LogP contribution in [0.1, 0.15) is 66.7 Å². The van der Waals surface area contributed by atoms with Crippen molar-refractivity contribution in [2.75, 3.05) is 0 Å². The van der Waals surface area contributed by atoms with E-state index in [4.69, 9.17) is 0 Å². The van der Waals surface area contributed by atoms with Crippen molar-refractivity contribution in [1.82, 2.24) is 0 Å². The molecule has 0 aromatic carbocycles. The third-order valence-electron chi connectivity index (χ3n) is 5.44. The minimum absolute atomic E-state index is 0.179. The van der Waals surface area contributed by atoms with Crippen LogP contribution >= 0.6 is 0 Å². The predicted octanol–water partition coefficient (Wildman–Crippen LogP) is 4.65. The Bertz CT molecular complexity index is 415. The Hall–Kier alpha value is -0.790. The molecule has 0 aromatic heterocycles. The number of hydrogen-bond acceptors (Lipinski definition) is 1. The summed E-state index contributed by atoms with van der Waals surface area (Å²) in [5, 5.41) is 9.57. The normalized spacial score (nSPS) is 32.3. The number of carboxylic acid groups (broad SMARTS) is 1. The Labute approximate surface area is 117 Å². The van der Waals surface area contributed by atoms with Crippen molar-refractivity contribution in [1.29, 1.82) is 0 Å². The molecular weight excluding hydrogens is 236 g/mol. The van der Waals surface area contributed by atoms with E-state index in [1.165, 1.54) is 24.0 Å². The Kier molecular flexibility index (Phi) is 3.57. The fourth-order valence-corrected chi connectivity index (χ4v) is 4.27. The van der Waals surface area contributed by atoms with Gasteiger partial charge in [0.25, 0.3) is 0 Å². The van der Waals surface area contributed by atoms with Gasteiger partial charge in [-0.2, -0.15) is 0 Å². The topological polar surface area (TPSA) is 37.3 Å². The largest absolute Gasteiger partial charge is 0.481 e. The van der Waals surface area contributed by atoms with Gasteiger partial charge in [-0.15, -0.1) is 0 Å². The summed E-state index contributed by atoms with van der Waals surface area (Å²) in [4.78, 5) is 11.6. The smallest absolute Gasteiger partial charge is 0.307 e. The molecule has 0 heterocycles. The van der Waals surface area contributed by atoms with E-state index >= 15 is 0 Å². The summed E-state index contributed by atoms with van der Waals surface area (Å²) in [6.45, 7) is 11.4. The van der Waals surface area contributed by atoms with Gasteiger partial charge in [0.1, 0.15) is 0 Å². The Balaban J connectivity index is 2.48. The molecule has 0 aromatic rings. The number of hydrogen-bond donors (Lipinski definition) is 1. The fourth-order valence-electron chi connectivity index (χ4n) is 4.27. The molecule has 2 unspecified atom stereocenters. The summed E-state index contributed by atoms with van der Waals surface area (Å²) in [5.41, 5.74) is 3.35. The van der Waals surface area contributed by atoms with Crippen LogP contribution in [0.3, 0.4) is 0 Å². The van der Waals surface area contributed by atoms with Crippen molar-refractivity contribution in [3.8, 4) is 0 Å². The van der Waals surface area contributed by atoms with Gasteiger partial charge in [0.15, 0.2) is 0 Å². The molecule has 0 amide bonds. The first-order chi connectivity index (χ1) is 8.70. The average molecular weight is 264 g/mol. The van der Waals surface area contributed by atoms with E-state index in [0.29, 0.717) is 0 Å². The lowest BCUT2D eigenvalue weighted by Gasteiger charge is -2.43. The molecule has 0 bridgehead atoms. The number of allylic oxidation sites excluding steroid dienone is 2. The highest BCUT2D eigenvalue weighted by atomic mass is 16.4. The third kappa shape index (κ3) is 2.34. The number of carbonyl (C=O) groups is 1. The van der Waals surface area contributed by atoms with Crippen LogP contribution in [0.5, 0.6) is 0 Å². The zero-order valence-electron chi connectivity index (χ0n) is 13.0. The summed E-state index contributed by atoms with van der Waals surface area (Å²) >= 11 is 0. The van der Waals surface area contributed by atoms with Crippen molar-refractivity contribution >= 4 is 5.97 Å². The molecule has 2 heteroatoms. The zero-order chi connectivity index (χ0) is 14.4. The van der Waals surface area contributed by atoms with Crippen LogP contribution in [0, 0.1) is 22.7 Å². The highest BCUT2D eigenvalue weighted by molar-refractivity contribution is 5.73. The lowest BCUT2D eigenvalue weighted by atomic mass is 9.62. The van der Waals surface area contributed by atoms with Gasteiger partial charge >= 0.3 is 5.97 Å². The van der Waals surface area contributed by atoms with E-state index in [1.54, 1.807) is 0 Å². The summed E-state index contributed by atoms with van der Waals surface area (Å²) in [6.07, 6.45) is 5.25. The highest BCUT2D eigenvalue weighted by Gasteiger charge is 2.50. The third-order valence-corrected chi connectivity index (χ3v) is 5.44. The maximum absolute atomic E-state index is 11.6. The molecule has 2 nitrogen and oxygen atoms in total. The van der Waals surface area contributed by atoms with Crippen LogP contribution in [0.15, 0.2) is 11.1 Å². The number of aliphatic carboxylic acids is 1. The molecule has 2 atom stereocenters. The van der Waals surface area contributed by atoms with Crippen LogP contribution < -0.4 is 0 Å². The highest BCUT2D eigenvalue weighted by Crippen LogP contribution is 2.59. The molecule has 0 spiro atoms. The first kappa shape index (κ1) is 14.6. The standard InChI is InChI=1S/C17H28O2/c1-6-7-11-12(15(18)19)10-13-14(11)17(4,5)9-8-16(13,2)3/h11-12H,6-10H2,1-5H3,(H,18,19). The Morgan fingerprint density at radius 2 is 1.79 bits per heavy atom. The molecule has 2 aliphatic rings. The second kappa shape index (κ2) is 4.64. The van der Waals surface area contributed by atoms with Gasteiger partial charge in [0.05, 0.1) is 5.92 Å². The second-order valence-electron chi connectivity index (χ2n) is 7.70. The van der Waals surface area contributed by atoms with Crippen LogP contribution in [0.25, 0.3) is 0 Å². The lowest BCUT2D eigenvalue weighted by molar-refractivity contribution is -0.142. The second-order valence-corrected chi connectivity index (χ2v) is 7.70. The fraction of sp³-hybridized carbons (Fsp3) is 0.824.